The number of hydrogen-bond acceptors (Lipinski definition) is 3. The molecule has 0 saturated carbocycles. The molecule has 1 fully saturated rings. The third-order valence-electron chi connectivity index (χ3n) is 6.03. The molecule has 1 aliphatic rings. The van der Waals surface area contributed by atoms with Gasteiger partial charge >= 0.3 is 11.9 Å². The quantitative estimate of drug-likeness (QED) is 0.0888. The number of rotatable bonds is 20. The Bertz CT molecular complexity index is 441. The lowest BCUT2D eigenvalue weighted by Gasteiger charge is -2.04. The van der Waals surface area contributed by atoms with Crippen LogP contribution in [-0.4, -0.2) is 11.9 Å². The van der Waals surface area contributed by atoms with Crippen LogP contribution in [0, 0.1) is 5.92 Å². The SMILES string of the molecule is CCCCCCCCC/C=C/CCCCCCCCCCCC1CC(=O)OC1=O. The first-order valence-corrected chi connectivity index (χ1v) is 12.6. The highest BCUT2D eigenvalue weighted by Gasteiger charge is 2.32. The van der Waals surface area contributed by atoms with Crippen LogP contribution < -0.4 is 0 Å². The van der Waals surface area contributed by atoms with Crippen molar-refractivity contribution in [2.45, 2.75) is 135 Å². The molecule has 0 radical (unpaired) electrons. The zero-order valence-electron chi connectivity index (χ0n) is 19.1. The van der Waals surface area contributed by atoms with Crippen molar-refractivity contribution < 1.29 is 14.3 Å². The molecule has 0 aromatic rings. The Morgan fingerprint density at radius 3 is 1.59 bits per heavy atom. The molecule has 168 valence electrons. The van der Waals surface area contributed by atoms with Gasteiger partial charge < -0.3 is 4.74 Å². The van der Waals surface area contributed by atoms with Crippen LogP contribution >= 0.6 is 0 Å². The summed E-state index contributed by atoms with van der Waals surface area (Å²) in [5, 5.41) is 0. The van der Waals surface area contributed by atoms with Crippen molar-refractivity contribution in [2.75, 3.05) is 0 Å². The highest BCUT2D eigenvalue weighted by atomic mass is 16.6. The Balaban J connectivity index is 1.72. The maximum absolute atomic E-state index is 11.4. The Morgan fingerprint density at radius 2 is 1.14 bits per heavy atom. The second kappa shape index (κ2) is 18.9. The molecule has 0 spiro atoms. The molecular formula is C26H46O3. The first-order valence-electron chi connectivity index (χ1n) is 12.6. The predicted octanol–water partition coefficient (Wildman–Crippen LogP) is 8.06. The van der Waals surface area contributed by atoms with Gasteiger partial charge in [0.1, 0.15) is 0 Å². The Labute approximate surface area is 180 Å². The molecule has 0 aromatic carbocycles. The van der Waals surface area contributed by atoms with Gasteiger partial charge in [0.25, 0.3) is 0 Å². The van der Waals surface area contributed by atoms with E-state index in [2.05, 4.69) is 23.8 Å². The van der Waals surface area contributed by atoms with Crippen molar-refractivity contribution in [3.8, 4) is 0 Å². The molecule has 1 heterocycles. The summed E-state index contributed by atoms with van der Waals surface area (Å²) in [4.78, 5) is 22.4. The van der Waals surface area contributed by atoms with Crippen LogP contribution in [-0.2, 0) is 14.3 Å². The van der Waals surface area contributed by atoms with Crippen LogP contribution in [0.2, 0.25) is 0 Å². The van der Waals surface area contributed by atoms with E-state index >= 15 is 0 Å². The first kappa shape index (κ1) is 25.9. The summed E-state index contributed by atoms with van der Waals surface area (Å²) in [5.74, 6) is -0.807. The first-order chi connectivity index (χ1) is 14.2. The minimum atomic E-state index is -0.344. The van der Waals surface area contributed by atoms with Crippen molar-refractivity contribution in [1.82, 2.24) is 0 Å². The highest BCUT2D eigenvalue weighted by molar-refractivity contribution is 5.94. The number of ether oxygens (including phenoxy) is 1. The van der Waals surface area contributed by atoms with Gasteiger partial charge in [-0.2, -0.15) is 0 Å². The van der Waals surface area contributed by atoms with Gasteiger partial charge in [-0.3, -0.25) is 9.59 Å². The predicted molar refractivity (Wildman–Crippen MR) is 122 cm³/mol. The molecule has 0 N–H and O–H groups in total. The number of hydrogen-bond donors (Lipinski definition) is 0. The van der Waals surface area contributed by atoms with E-state index < -0.39 is 0 Å². The molecule has 3 heteroatoms. The van der Waals surface area contributed by atoms with E-state index in [-0.39, 0.29) is 17.9 Å². The standard InChI is InChI=1S/C26H46O3/c1-2-3-4-5-6-7-8-9-10-11-12-13-14-15-16-17-18-19-20-21-22-24-23-25(27)29-26(24)28/h10-11,24H,2-9,12-23H2,1H3/b11-10+. The fourth-order valence-corrected chi connectivity index (χ4v) is 4.09. The largest absolute Gasteiger partial charge is 0.393 e. The zero-order chi connectivity index (χ0) is 21.0. The Kier molecular flexibility index (Phi) is 16.9. The maximum atomic E-state index is 11.4. The number of carbonyl (C=O) groups excluding carboxylic acids is 2. The van der Waals surface area contributed by atoms with Gasteiger partial charge in [0.15, 0.2) is 0 Å². The van der Waals surface area contributed by atoms with Crippen LogP contribution in [0.4, 0.5) is 0 Å². The average molecular weight is 407 g/mol. The zero-order valence-corrected chi connectivity index (χ0v) is 19.1. The van der Waals surface area contributed by atoms with E-state index in [0.29, 0.717) is 6.42 Å². The van der Waals surface area contributed by atoms with E-state index in [9.17, 15) is 9.59 Å². The third kappa shape index (κ3) is 15.4. The number of allylic oxidation sites excluding steroid dienone is 2. The minimum Gasteiger partial charge on any atom is -0.393 e. The number of cyclic esters (lactones) is 2. The minimum absolute atomic E-state index is 0.160. The molecule has 0 amide bonds. The lowest BCUT2D eigenvalue weighted by Crippen LogP contribution is -2.06. The number of unbranched alkanes of at least 4 members (excludes halogenated alkanes) is 16. The summed E-state index contributed by atoms with van der Waals surface area (Å²) in [5.41, 5.74) is 0. The summed E-state index contributed by atoms with van der Waals surface area (Å²) in [7, 11) is 0. The number of esters is 2. The van der Waals surface area contributed by atoms with Gasteiger partial charge in [0.05, 0.1) is 12.3 Å². The third-order valence-corrected chi connectivity index (χ3v) is 6.03. The second-order valence-corrected chi connectivity index (χ2v) is 8.83. The summed E-state index contributed by atoms with van der Waals surface area (Å²) in [6, 6.07) is 0. The molecule has 29 heavy (non-hydrogen) atoms. The molecule has 1 aliphatic heterocycles. The van der Waals surface area contributed by atoms with Crippen LogP contribution in [0.25, 0.3) is 0 Å². The topological polar surface area (TPSA) is 43.4 Å². The summed E-state index contributed by atoms with van der Waals surface area (Å²) in [6.07, 6.45) is 29.7. The van der Waals surface area contributed by atoms with Gasteiger partial charge in [0, 0.05) is 0 Å². The van der Waals surface area contributed by atoms with Gasteiger partial charge in [-0.25, -0.2) is 0 Å². The molecule has 0 aromatic heterocycles. The summed E-state index contributed by atoms with van der Waals surface area (Å²) < 4.78 is 4.59. The van der Waals surface area contributed by atoms with E-state index in [0.717, 1.165) is 12.8 Å². The molecule has 1 rings (SSSR count). The van der Waals surface area contributed by atoms with Crippen molar-refractivity contribution in [3.05, 3.63) is 12.2 Å². The van der Waals surface area contributed by atoms with E-state index in [1.54, 1.807) is 0 Å². The van der Waals surface area contributed by atoms with Gasteiger partial charge in [0.2, 0.25) is 0 Å². The van der Waals surface area contributed by atoms with Crippen LogP contribution in [0.1, 0.15) is 135 Å². The lowest BCUT2D eigenvalue weighted by atomic mass is 9.99. The fourth-order valence-electron chi connectivity index (χ4n) is 4.09. The van der Waals surface area contributed by atoms with E-state index in [1.807, 2.05) is 0 Å². The normalized spacial score (nSPS) is 16.8. The molecule has 1 atom stereocenters. The van der Waals surface area contributed by atoms with Crippen LogP contribution in [0.5, 0.6) is 0 Å². The smallest absolute Gasteiger partial charge is 0.317 e. The summed E-state index contributed by atoms with van der Waals surface area (Å²) >= 11 is 0. The van der Waals surface area contributed by atoms with Crippen LogP contribution in [0.3, 0.4) is 0 Å². The summed E-state index contributed by atoms with van der Waals surface area (Å²) in [6.45, 7) is 2.28. The molecule has 1 saturated heterocycles. The van der Waals surface area contributed by atoms with Crippen molar-refractivity contribution in [2.24, 2.45) is 5.92 Å². The van der Waals surface area contributed by atoms with Crippen molar-refractivity contribution >= 4 is 11.9 Å². The van der Waals surface area contributed by atoms with Crippen molar-refractivity contribution in [1.29, 1.82) is 0 Å². The lowest BCUT2D eigenvalue weighted by molar-refractivity contribution is -0.153. The average Bonchev–Trinajstić information content (AvgIpc) is 3.03. The Morgan fingerprint density at radius 1 is 0.690 bits per heavy atom. The monoisotopic (exact) mass is 406 g/mol. The van der Waals surface area contributed by atoms with Crippen molar-refractivity contribution in [3.63, 3.8) is 0 Å². The molecule has 1 unspecified atom stereocenters. The van der Waals surface area contributed by atoms with Gasteiger partial charge in [-0.1, -0.05) is 109 Å². The Hall–Kier alpha value is -1.12. The maximum Gasteiger partial charge on any atom is 0.317 e. The molecular weight excluding hydrogens is 360 g/mol. The second-order valence-electron chi connectivity index (χ2n) is 8.83. The molecule has 0 aliphatic carbocycles. The van der Waals surface area contributed by atoms with E-state index in [1.165, 1.54) is 109 Å². The van der Waals surface area contributed by atoms with Crippen LogP contribution in [0.15, 0.2) is 12.2 Å². The fraction of sp³-hybridized carbons (Fsp3) is 0.846. The molecule has 3 nitrogen and oxygen atoms in total. The van der Waals surface area contributed by atoms with Gasteiger partial charge in [-0.05, 0) is 32.1 Å². The van der Waals surface area contributed by atoms with E-state index in [4.69, 9.17) is 0 Å². The highest BCUT2D eigenvalue weighted by Crippen LogP contribution is 2.22. The molecule has 0 bridgehead atoms. The van der Waals surface area contributed by atoms with Gasteiger partial charge in [-0.15, -0.1) is 0 Å². The number of carbonyl (C=O) groups is 2.